The molecule has 0 radical (unpaired) electrons. The Morgan fingerprint density at radius 3 is 2.16 bits per heavy atom. The van der Waals surface area contributed by atoms with Gasteiger partial charge in [-0.15, -0.1) is 0 Å². The Kier molecular flexibility index (Phi) is 7.27. The molecule has 8 nitrogen and oxygen atoms in total. The van der Waals surface area contributed by atoms with Gasteiger partial charge in [0.15, 0.2) is 0 Å². The molecule has 2 aromatic carbocycles. The Bertz CT molecular complexity index is 1030. The molecule has 168 valence electrons. The SMILES string of the molecule is COc1ccc(C2=C(Nc3ccc(NC(C)=O)cc3)C(=O)N(CCOC(C)C)C2=O)cc1. The molecule has 3 rings (SSSR count). The Labute approximate surface area is 187 Å². The van der Waals surface area contributed by atoms with Gasteiger partial charge in [-0.2, -0.15) is 0 Å². The van der Waals surface area contributed by atoms with E-state index in [1.54, 1.807) is 55.6 Å². The number of anilines is 2. The Hall–Kier alpha value is -3.65. The van der Waals surface area contributed by atoms with E-state index in [0.717, 1.165) is 0 Å². The van der Waals surface area contributed by atoms with Crippen LogP contribution in [0.3, 0.4) is 0 Å². The fraction of sp³-hybridized carbons (Fsp3) is 0.292. The number of carbonyl (C=O) groups excluding carboxylic acids is 3. The van der Waals surface area contributed by atoms with Gasteiger partial charge in [0.1, 0.15) is 11.4 Å². The van der Waals surface area contributed by atoms with E-state index in [0.29, 0.717) is 22.7 Å². The van der Waals surface area contributed by atoms with E-state index >= 15 is 0 Å². The van der Waals surface area contributed by atoms with Crippen molar-refractivity contribution in [3.8, 4) is 5.75 Å². The lowest BCUT2D eigenvalue weighted by molar-refractivity contribution is -0.138. The van der Waals surface area contributed by atoms with Gasteiger partial charge in [-0.25, -0.2) is 0 Å². The van der Waals surface area contributed by atoms with E-state index in [4.69, 9.17) is 9.47 Å². The lowest BCUT2D eigenvalue weighted by Crippen LogP contribution is -2.35. The number of benzene rings is 2. The minimum absolute atomic E-state index is 0.00320. The minimum Gasteiger partial charge on any atom is -0.497 e. The first-order valence-electron chi connectivity index (χ1n) is 10.3. The summed E-state index contributed by atoms with van der Waals surface area (Å²) in [4.78, 5) is 38.8. The van der Waals surface area contributed by atoms with Gasteiger partial charge in [-0.05, 0) is 55.8 Å². The van der Waals surface area contributed by atoms with Crippen LogP contribution in [0.1, 0.15) is 26.3 Å². The van der Waals surface area contributed by atoms with Gasteiger partial charge in [0.2, 0.25) is 5.91 Å². The second kappa shape index (κ2) is 10.1. The molecule has 2 aromatic rings. The molecule has 0 bridgehead atoms. The average molecular weight is 437 g/mol. The number of carbonyl (C=O) groups is 3. The molecular weight excluding hydrogens is 410 g/mol. The van der Waals surface area contributed by atoms with Crippen LogP contribution in [-0.4, -0.2) is 49.0 Å². The zero-order chi connectivity index (χ0) is 23.3. The predicted molar refractivity (Wildman–Crippen MR) is 122 cm³/mol. The van der Waals surface area contributed by atoms with Crippen molar-refractivity contribution in [2.75, 3.05) is 30.9 Å². The predicted octanol–water partition coefficient (Wildman–Crippen LogP) is 3.27. The molecule has 0 fully saturated rings. The van der Waals surface area contributed by atoms with Crippen molar-refractivity contribution in [3.05, 3.63) is 59.8 Å². The third-order valence-electron chi connectivity index (χ3n) is 4.79. The summed E-state index contributed by atoms with van der Waals surface area (Å²) >= 11 is 0. The maximum Gasteiger partial charge on any atom is 0.278 e. The number of ether oxygens (including phenoxy) is 2. The number of rotatable bonds is 9. The molecule has 3 amide bonds. The van der Waals surface area contributed by atoms with E-state index in [2.05, 4.69) is 10.6 Å². The summed E-state index contributed by atoms with van der Waals surface area (Å²) in [5.74, 6) is -0.327. The molecule has 8 heteroatoms. The molecular formula is C24H27N3O5. The fourth-order valence-corrected chi connectivity index (χ4v) is 3.28. The first-order valence-corrected chi connectivity index (χ1v) is 10.3. The summed E-state index contributed by atoms with van der Waals surface area (Å²) in [7, 11) is 1.56. The van der Waals surface area contributed by atoms with Crippen molar-refractivity contribution in [1.82, 2.24) is 4.90 Å². The molecule has 0 spiro atoms. The number of imide groups is 1. The monoisotopic (exact) mass is 437 g/mol. The largest absolute Gasteiger partial charge is 0.497 e. The number of nitrogens with one attached hydrogen (secondary N) is 2. The van der Waals surface area contributed by atoms with E-state index in [1.807, 2.05) is 13.8 Å². The van der Waals surface area contributed by atoms with Gasteiger partial charge >= 0.3 is 0 Å². The molecule has 1 heterocycles. The molecule has 0 unspecified atom stereocenters. The van der Waals surface area contributed by atoms with Gasteiger partial charge in [-0.1, -0.05) is 12.1 Å². The van der Waals surface area contributed by atoms with Crippen molar-refractivity contribution >= 4 is 34.7 Å². The van der Waals surface area contributed by atoms with Crippen LogP contribution in [0, 0.1) is 0 Å². The van der Waals surface area contributed by atoms with Crippen molar-refractivity contribution in [3.63, 3.8) is 0 Å². The third-order valence-corrected chi connectivity index (χ3v) is 4.79. The standard InChI is InChI=1S/C24H27N3O5/c1-15(2)32-14-13-27-23(29)21(17-5-11-20(31-4)12-6-17)22(24(27)30)26-19-9-7-18(8-10-19)25-16(3)28/h5-12,15,26H,13-14H2,1-4H3,(H,25,28). The molecule has 0 aromatic heterocycles. The van der Waals surface area contributed by atoms with Crippen molar-refractivity contribution < 1.29 is 23.9 Å². The van der Waals surface area contributed by atoms with Crippen molar-refractivity contribution in [1.29, 1.82) is 0 Å². The maximum atomic E-state index is 13.2. The number of hydrogen-bond donors (Lipinski definition) is 2. The van der Waals surface area contributed by atoms with Gasteiger partial charge in [0.05, 0.1) is 31.9 Å². The summed E-state index contributed by atoms with van der Waals surface area (Å²) in [6.45, 7) is 5.63. The van der Waals surface area contributed by atoms with Crippen LogP contribution in [0.2, 0.25) is 0 Å². The Balaban J connectivity index is 1.91. The van der Waals surface area contributed by atoms with Crippen LogP contribution in [0.5, 0.6) is 5.75 Å². The summed E-state index contributed by atoms with van der Waals surface area (Å²) in [6.07, 6.45) is -0.00320. The lowest BCUT2D eigenvalue weighted by Gasteiger charge is -2.16. The lowest BCUT2D eigenvalue weighted by atomic mass is 10.0. The highest BCUT2D eigenvalue weighted by molar-refractivity contribution is 6.36. The summed E-state index contributed by atoms with van der Waals surface area (Å²) in [5, 5.41) is 5.78. The molecule has 1 aliphatic heterocycles. The van der Waals surface area contributed by atoms with Crippen LogP contribution >= 0.6 is 0 Å². The third kappa shape index (κ3) is 5.33. The second-order valence-electron chi connectivity index (χ2n) is 7.54. The van der Waals surface area contributed by atoms with Crippen molar-refractivity contribution in [2.45, 2.75) is 26.9 Å². The van der Waals surface area contributed by atoms with Crippen molar-refractivity contribution in [2.24, 2.45) is 0 Å². The molecule has 0 saturated heterocycles. The smallest absolute Gasteiger partial charge is 0.278 e. The van der Waals surface area contributed by atoms with Crippen LogP contribution in [0.15, 0.2) is 54.2 Å². The van der Waals surface area contributed by atoms with Crippen LogP contribution in [0.4, 0.5) is 11.4 Å². The van der Waals surface area contributed by atoms with E-state index < -0.39 is 5.91 Å². The van der Waals surface area contributed by atoms with E-state index in [1.165, 1.54) is 11.8 Å². The zero-order valence-electron chi connectivity index (χ0n) is 18.6. The van der Waals surface area contributed by atoms with E-state index in [-0.39, 0.29) is 42.3 Å². The molecule has 0 saturated carbocycles. The maximum absolute atomic E-state index is 13.2. The molecule has 0 aliphatic carbocycles. The number of nitrogens with zero attached hydrogens (tertiary/aromatic N) is 1. The molecule has 32 heavy (non-hydrogen) atoms. The van der Waals surface area contributed by atoms with Crippen LogP contribution < -0.4 is 15.4 Å². The number of amides is 3. The van der Waals surface area contributed by atoms with Gasteiger partial charge < -0.3 is 20.1 Å². The minimum atomic E-state index is -0.417. The summed E-state index contributed by atoms with van der Waals surface area (Å²) in [5.41, 5.74) is 2.33. The fourth-order valence-electron chi connectivity index (χ4n) is 3.28. The number of methoxy groups -OCH3 is 1. The quantitative estimate of drug-likeness (QED) is 0.585. The van der Waals surface area contributed by atoms with Crippen LogP contribution in [-0.2, 0) is 19.1 Å². The Morgan fingerprint density at radius 1 is 0.969 bits per heavy atom. The second-order valence-corrected chi connectivity index (χ2v) is 7.54. The molecule has 0 atom stereocenters. The average Bonchev–Trinajstić information content (AvgIpc) is 2.99. The topological polar surface area (TPSA) is 97.0 Å². The molecule has 1 aliphatic rings. The van der Waals surface area contributed by atoms with Gasteiger partial charge in [-0.3, -0.25) is 19.3 Å². The highest BCUT2D eigenvalue weighted by Crippen LogP contribution is 2.31. The zero-order valence-corrected chi connectivity index (χ0v) is 18.6. The van der Waals surface area contributed by atoms with Gasteiger partial charge in [0, 0.05) is 18.3 Å². The summed E-state index contributed by atoms with van der Waals surface area (Å²) < 4.78 is 10.7. The first kappa shape index (κ1) is 23.0. The van der Waals surface area contributed by atoms with Crippen LogP contribution in [0.25, 0.3) is 5.57 Å². The van der Waals surface area contributed by atoms with E-state index in [9.17, 15) is 14.4 Å². The highest BCUT2D eigenvalue weighted by Gasteiger charge is 2.39. The highest BCUT2D eigenvalue weighted by atomic mass is 16.5. The van der Waals surface area contributed by atoms with Gasteiger partial charge in [0.25, 0.3) is 11.8 Å². The first-order chi connectivity index (χ1) is 15.3. The molecule has 2 N–H and O–H groups in total. The Morgan fingerprint density at radius 2 is 1.59 bits per heavy atom. The number of hydrogen-bond acceptors (Lipinski definition) is 6. The summed E-state index contributed by atoms with van der Waals surface area (Å²) in [6, 6.07) is 13.9. The normalized spacial score (nSPS) is 13.7.